The van der Waals surface area contributed by atoms with E-state index in [1.165, 1.54) is 5.56 Å². The SMILES string of the molecule is CCNC1CCN(C(=O)C(C)(C)C)c2ccccc21. The van der Waals surface area contributed by atoms with Crippen LogP contribution in [-0.4, -0.2) is 19.0 Å². The molecule has 3 nitrogen and oxygen atoms in total. The highest BCUT2D eigenvalue weighted by Gasteiger charge is 2.33. The summed E-state index contributed by atoms with van der Waals surface area (Å²) in [7, 11) is 0. The third kappa shape index (κ3) is 2.81. The Morgan fingerprint density at radius 2 is 2.05 bits per heavy atom. The fourth-order valence-electron chi connectivity index (χ4n) is 2.64. The molecule has 0 aliphatic carbocycles. The molecule has 1 N–H and O–H groups in total. The number of rotatable bonds is 2. The van der Waals surface area contributed by atoms with E-state index in [4.69, 9.17) is 0 Å². The van der Waals surface area contributed by atoms with Gasteiger partial charge in [-0.2, -0.15) is 0 Å². The molecule has 0 bridgehead atoms. The van der Waals surface area contributed by atoms with E-state index in [-0.39, 0.29) is 11.3 Å². The van der Waals surface area contributed by atoms with Crippen molar-refractivity contribution >= 4 is 11.6 Å². The molecule has 104 valence electrons. The summed E-state index contributed by atoms with van der Waals surface area (Å²) < 4.78 is 0. The molecule has 1 aliphatic rings. The van der Waals surface area contributed by atoms with Crippen LogP contribution in [0.4, 0.5) is 5.69 Å². The van der Waals surface area contributed by atoms with Gasteiger partial charge in [0.15, 0.2) is 0 Å². The number of nitrogens with one attached hydrogen (secondary N) is 1. The molecule has 1 aromatic rings. The molecule has 0 saturated heterocycles. The number of anilines is 1. The fourth-order valence-corrected chi connectivity index (χ4v) is 2.64. The van der Waals surface area contributed by atoms with Crippen LogP contribution < -0.4 is 10.2 Å². The van der Waals surface area contributed by atoms with Crippen LogP contribution in [0.3, 0.4) is 0 Å². The Morgan fingerprint density at radius 1 is 1.37 bits per heavy atom. The predicted molar refractivity (Wildman–Crippen MR) is 79.3 cm³/mol. The van der Waals surface area contributed by atoms with Crippen LogP contribution in [0, 0.1) is 5.41 Å². The summed E-state index contributed by atoms with van der Waals surface area (Å²) in [4.78, 5) is 14.5. The van der Waals surface area contributed by atoms with E-state index in [0.29, 0.717) is 6.04 Å². The topological polar surface area (TPSA) is 32.3 Å². The number of carbonyl (C=O) groups excluding carboxylic acids is 1. The van der Waals surface area contributed by atoms with Crippen LogP contribution in [0.1, 0.15) is 45.7 Å². The Morgan fingerprint density at radius 3 is 2.68 bits per heavy atom. The van der Waals surface area contributed by atoms with E-state index in [1.54, 1.807) is 0 Å². The summed E-state index contributed by atoms with van der Waals surface area (Å²) >= 11 is 0. The van der Waals surface area contributed by atoms with Crippen molar-refractivity contribution in [2.75, 3.05) is 18.0 Å². The molecule has 3 heteroatoms. The van der Waals surface area contributed by atoms with Gasteiger partial charge in [0.05, 0.1) is 0 Å². The zero-order chi connectivity index (χ0) is 14.0. The predicted octanol–water partition coefficient (Wildman–Crippen LogP) is 3.12. The Hall–Kier alpha value is -1.35. The number of carbonyl (C=O) groups is 1. The molecule has 1 unspecified atom stereocenters. The highest BCUT2D eigenvalue weighted by Crippen LogP contribution is 2.35. The molecule has 1 aliphatic heterocycles. The van der Waals surface area contributed by atoms with Crippen molar-refractivity contribution in [1.82, 2.24) is 5.32 Å². The summed E-state index contributed by atoms with van der Waals surface area (Å²) in [6.45, 7) is 9.81. The van der Waals surface area contributed by atoms with Crippen molar-refractivity contribution in [1.29, 1.82) is 0 Å². The van der Waals surface area contributed by atoms with E-state index in [2.05, 4.69) is 24.4 Å². The number of benzene rings is 1. The lowest BCUT2D eigenvalue weighted by Crippen LogP contribution is -2.44. The van der Waals surface area contributed by atoms with E-state index in [1.807, 2.05) is 37.8 Å². The first kappa shape index (κ1) is 14.1. The molecule has 19 heavy (non-hydrogen) atoms. The summed E-state index contributed by atoms with van der Waals surface area (Å²) in [6, 6.07) is 8.61. The average molecular weight is 260 g/mol. The minimum Gasteiger partial charge on any atom is -0.312 e. The third-order valence-corrected chi connectivity index (χ3v) is 3.58. The average Bonchev–Trinajstić information content (AvgIpc) is 2.37. The van der Waals surface area contributed by atoms with Gasteiger partial charge in [-0.1, -0.05) is 45.9 Å². The fraction of sp³-hybridized carbons (Fsp3) is 0.562. The Balaban J connectivity index is 2.35. The first-order chi connectivity index (χ1) is 8.95. The highest BCUT2D eigenvalue weighted by molar-refractivity contribution is 5.98. The van der Waals surface area contributed by atoms with Crippen molar-refractivity contribution < 1.29 is 4.79 Å². The quantitative estimate of drug-likeness (QED) is 0.886. The van der Waals surface area contributed by atoms with Crippen molar-refractivity contribution in [3.05, 3.63) is 29.8 Å². The first-order valence-corrected chi connectivity index (χ1v) is 7.09. The summed E-state index contributed by atoms with van der Waals surface area (Å²) in [5.41, 5.74) is 1.98. The lowest BCUT2D eigenvalue weighted by atomic mass is 9.90. The smallest absolute Gasteiger partial charge is 0.232 e. The zero-order valence-corrected chi connectivity index (χ0v) is 12.4. The molecule has 0 saturated carbocycles. The summed E-state index contributed by atoms with van der Waals surface area (Å²) in [6.07, 6.45) is 0.979. The van der Waals surface area contributed by atoms with E-state index in [9.17, 15) is 4.79 Å². The number of nitrogens with zero attached hydrogens (tertiary/aromatic N) is 1. The van der Waals surface area contributed by atoms with Gasteiger partial charge in [-0.25, -0.2) is 0 Å². The second kappa shape index (κ2) is 5.33. The van der Waals surface area contributed by atoms with Gasteiger partial charge in [-0.15, -0.1) is 0 Å². The molecular weight excluding hydrogens is 236 g/mol. The first-order valence-electron chi connectivity index (χ1n) is 7.09. The molecular formula is C16H24N2O. The number of amides is 1. The lowest BCUT2D eigenvalue weighted by molar-refractivity contribution is -0.125. The molecule has 0 spiro atoms. The van der Waals surface area contributed by atoms with Crippen LogP contribution in [0.5, 0.6) is 0 Å². The molecule has 1 heterocycles. The van der Waals surface area contributed by atoms with E-state index in [0.717, 1.165) is 25.2 Å². The highest BCUT2D eigenvalue weighted by atomic mass is 16.2. The van der Waals surface area contributed by atoms with Crippen molar-refractivity contribution in [2.24, 2.45) is 5.41 Å². The van der Waals surface area contributed by atoms with Crippen molar-refractivity contribution in [2.45, 2.75) is 40.2 Å². The second-order valence-corrected chi connectivity index (χ2v) is 6.16. The van der Waals surface area contributed by atoms with Crippen LogP contribution in [0.25, 0.3) is 0 Å². The normalized spacial score (nSPS) is 19.2. The maximum Gasteiger partial charge on any atom is 0.232 e. The largest absolute Gasteiger partial charge is 0.312 e. The third-order valence-electron chi connectivity index (χ3n) is 3.58. The van der Waals surface area contributed by atoms with Gasteiger partial charge < -0.3 is 10.2 Å². The maximum atomic E-state index is 12.6. The van der Waals surface area contributed by atoms with Gasteiger partial charge in [-0.3, -0.25) is 4.79 Å². The summed E-state index contributed by atoms with van der Waals surface area (Å²) in [5.74, 6) is 0.204. The van der Waals surface area contributed by atoms with E-state index < -0.39 is 0 Å². The number of fused-ring (bicyclic) bond motifs is 1. The molecule has 1 amide bonds. The minimum absolute atomic E-state index is 0.204. The molecule has 0 fully saturated rings. The van der Waals surface area contributed by atoms with Crippen LogP contribution >= 0.6 is 0 Å². The molecule has 1 aromatic carbocycles. The second-order valence-electron chi connectivity index (χ2n) is 6.16. The van der Waals surface area contributed by atoms with Crippen molar-refractivity contribution in [3.8, 4) is 0 Å². The van der Waals surface area contributed by atoms with Gasteiger partial charge in [0.25, 0.3) is 0 Å². The zero-order valence-electron chi connectivity index (χ0n) is 12.4. The van der Waals surface area contributed by atoms with Gasteiger partial charge in [0.2, 0.25) is 5.91 Å². The number of hydrogen-bond acceptors (Lipinski definition) is 2. The Bertz CT molecular complexity index is 462. The maximum absolute atomic E-state index is 12.6. The van der Waals surface area contributed by atoms with E-state index >= 15 is 0 Å². The standard InChI is InChI=1S/C16H24N2O/c1-5-17-13-10-11-18(15(19)16(2,3)4)14-9-7-6-8-12(13)14/h6-9,13,17H,5,10-11H2,1-4H3. The molecule has 2 rings (SSSR count). The minimum atomic E-state index is -0.335. The van der Waals surface area contributed by atoms with Crippen LogP contribution in [-0.2, 0) is 4.79 Å². The van der Waals surface area contributed by atoms with Gasteiger partial charge in [-0.05, 0) is 24.6 Å². The molecule has 0 aromatic heterocycles. The molecule has 0 radical (unpaired) electrons. The van der Waals surface area contributed by atoms with Gasteiger partial charge in [0, 0.05) is 23.7 Å². The summed E-state index contributed by atoms with van der Waals surface area (Å²) in [5, 5.41) is 3.50. The van der Waals surface area contributed by atoms with Crippen molar-refractivity contribution in [3.63, 3.8) is 0 Å². The van der Waals surface area contributed by atoms with Gasteiger partial charge >= 0.3 is 0 Å². The van der Waals surface area contributed by atoms with Crippen LogP contribution in [0.2, 0.25) is 0 Å². The number of hydrogen-bond donors (Lipinski definition) is 1. The monoisotopic (exact) mass is 260 g/mol. The Labute approximate surface area is 116 Å². The van der Waals surface area contributed by atoms with Gasteiger partial charge in [0.1, 0.15) is 0 Å². The molecule has 1 atom stereocenters. The number of para-hydroxylation sites is 1. The van der Waals surface area contributed by atoms with Crippen LogP contribution in [0.15, 0.2) is 24.3 Å². The lowest BCUT2D eigenvalue weighted by Gasteiger charge is -2.37. The Kier molecular flexibility index (Phi) is 3.95.